The second kappa shape index (κ2) is 6.00. The Bertz CT molecular complexity index is 322. The molecule has 0 saturated carbocycles. The minimum atomic E-state index is 0. The first kappa shape index (κ1) is 14.0. The zero-order valence-corrected chi connectivity index (χ0v) is 12.0. The van der Waals surface area contributed by atoms with Crippen LogP contribution >= 0.6 is 28.3 Å². The lowest BCUT2D eigenvalue weighted by Gasteiger charge is -2.16. The second-order valence-corrected chi connectivity index (χ2v) is 4.93. The number of aryl methyl sites for hydroxylation is 1. The summed E-state index contributed by atoms with van der Waals surface area (Å²) in [6, 6.07) is 0.650. The number of likely N-dealkylation sites (N-methyl/N-ethyl adjacent to an activating group) is 1. The molecule has 1 saturated heterocycles. The Labute approximate surface area is 111 Å². The number of hydrogen-bond donors (Lipinski definition) is 1. The van der Waals surface area contributed by atoms with E-state index in [0.717, 1.165) is 17.6 Å². The number of hydrogen-bond acceptors (Lipinski definition) is 3. The van der Waals surface area contributed by atoms with Gasteiger partial charge in [-0.1, -0.05) is 0 Å². The van der Waals surface area contributed by atoms with Crippen molar-refractivity contribution in [2.75, 3.05) is 20.1 Å². The van der Waals surface area contributed by atoms with Crippen molar-refractivity contribution < 1.29 is 0 Å². The molecule has 16 heavy (non-hydrogen) atoms. The summed E-state index contributed by atoms with van der Waals surface area (Å²) in [5.41, 5.74) is 1.26. The predicted molar refractivity (Wildman–Crippen MR) is 70.9 cm³/mol. The molecule has 2 rings (SSSR count). The third-order valence-corrected chi connectivity index (χ3v) is 3.73. The monoisotopic (exact) mass is 308 g/mol. The van der Waals surface area contributed by atoms with Crippen molar-refractivity contribution in [1.29, 1.82) is 0 Å². The molecule has 0 aliphatic carbocycles. The molecule has 1 aromatic rings. The molecule has 92 valence electrons. The Kier molecular flexibility index (Phi) is 5.24. The molecule has 2 heterocycles. The molecule has 0 bridgehead atoms. The Morgan fingerprint density at radius 1 is 1.62 bits per heavy atom. The SMILES string of the molecule is CNC1CCN(Cc2c(Br)cnn2C)C1.Cl. The van der Waals surface area contributed by atoms with Crippen LogP contribution in [0.1, 0.15) is 12.1 Å². The van der Waals surface area contributed by atoms with Gasteiger partial charge in [-0.15, -0.1) is 12.4 Å². The van der Waals surface area contributed by atoms with E-state index < -0.39 is 0 Å². The molecule has 0 radical (unpaired) electrons. The molecular weight excluding hydrogens is 291 g/mol. The summed E-state index contributed by atoms with van der Waals surface area (Å²) < 4.78 is 3.05. The highest BCUT2D eigenvalue weighted by Gasteiger charge is 2.22. The van der Waals surface area contributed by atoms with Crippen molar-refractivity contribution in [3.8, 4) is 0 Å². The van der Waals surface area contributed by atoms with Crippen LogP contribution in [-0.2, 0) is 13.6 Å². The molecular formula is C10H18BrClN4. The molecule has 1 aliphatic heterocycles. The van der Waals surface area contributed by atoms with Crippen LogP contribution in [0.25, 0.3) is 0 Å². The lowest BCUT2D eigenvalue weighted by atomic mass is 10.3. The Hall–Kier alpha value is -0.100. The fourth-order valence-electron chi connectivity index (χ4n) is 2.04. The predicted octanol–water partition coefficient (Wildman–Crippen LogP) is 1.40. The lowest BCUT2D eigenvalue weighted by molar-refractivity contribution is 0.312. The van der Waals surface area contributed by atoms with Gasteiger partial charge in [0.15, 0.2) is 0 Å². The summed E-state index contributed by atoms with van der Waals surface area (Å²) in [5, 5.41) is 7.55. The van der Waals surface area contributed by atoms with Crippen LogP contribution < -0.4 is 5.32 Å². The van der Waals surface area contributed by atoms with E-state index in [9.17, 15) is 0 Å². The molecule has 0 aromatic carbocycles. The lowest BCUT2D eigenvalue weighted by Crippen LogP contribution is -2.29. The molecule has 6 heteroatoms. The minimum absolute atomic E-state index is 0. The molecule has 4 nitrogen and oxygen atoms in total. The van der Waals surface area contributed by atoms with Crippen molar-refractivity contribution in [3.63, 3.8) is 0 Å². The normalized spacial score (nSPS) is 21.1. The standard InChI is InChI=1S/C10H17BrN4.ClH/c1-12-8-3-4-15(6-8)7-10-9(11)5-13-14(10)2;/h5,8,12H,3-4,6-7H2,1-2H3;1H. The van der Waals surface area contributed by atoms with Crippen LogP contribution in [0, 0.1) is 0 Å². The van der Waals surface area contributed by atoms with E-state index in [2.05, 4.69) is 31.2 Å². The highest BCUT2D eigenvalue weighted by molar-refractivity contribution is 9.10. The van der Waals surface area contributed by atoms with E-state index >= 15 is 0 Å². The summed E-state index contributed by atoms with van der Waals surface area (Å²) in [4.78, 5) is 2.46. The molecule has 0 spiro atoms. The third kappa shape index (κ3) is 2.97. The maximum atomic E-state index is 4.22. The van der Waals surface area contributed by atoms with E-state index in [1.54, 1.807) is 0 Å². The van der Waals surface area contributed by atoms with Crippen LogP contribution in [0.15, 0.2) is 10.7 Å². The fraction of sp³-hybridized carbons (Fsp3) is 0.700. The largest absolute Gasteiger partial charge is 0.316 e. The summed E-state index contributed by atoms with van der Waals surface area (Å²) in [6.45, 7) is 3.28. The average Bonchev–Trinajstić information content (AvgIpc) is 2.80. The molecule has 1 aliphatic rings. The van der Waals surface area contributed by atoms with Crippen LogP contribution in [0.4, 0.5) is 0 Å². The zero-order valence-electron chi connectivity index (χ0n) is 9.61. The number of nitrogens with zero attached hydrogens (tertiary/aromatic N) is 3. The Morgan fingerprint density at radius 2 is 2.38 bits per heavy atom. The Morgan fingerprint density at radius 3 is 2.88 bits per heavy atom. The number of halogens is 2. The van der Waals surface area contributed by atoms with E-state index in [4.69, 9.17) is 0 Å². The fourth-order valence-corrected chi connectivity index (χ4v) is 2.51. The van der Waals surface area contributed by atoms with Crippen LogP contribution in [-0.4, -0.2) is 40.9 Å². The first-order valence-corrected chi connectivity index (χ1v) is 6.06. The van der Waals surface area contributed by atoms with Crippen LogP contribution in [0.3, 0.4) is 0 Å². The molecule has 1 N–H and O–H groups in total. The van der Waals surface area contributed by atoms with Gasteiger partial charge in [0, 0.05) is 32.7 Å². The molecule has 0 amide bonds. The van der Waals surface area contributed by atoms with Crippen molar-refractivity contribution >= 4 is 28.3 Å². The second-order valence-electron chi connectivity index (χ2n) is 4.07. The van der Waals surface area contributed by atoms with Crippen molar-refractivity contribution in [3.05, 3.63) is 16.4 Å². The zero-order chi connectivity index (χ0) is 10.8. The van der Waals surface area contributed by atoms with E-state index in [0.29, 0.717) is 6.04 Å². The van der Waals surface area contributed by atoms with Crippen molar-refractivity contribution in [2.45, 2.75) is 19.0 Å². The third-order valence-electron chi connectivity index (χ3n) is 3.06. The van der Waals surface area contributed by atoms with E-state index in [1.165, 1.54) is 18.7 Å². The first-order chi connectivity index (χ1) is 7.20. The number of aromatic nitrogens is 2. The van der Waals surface area contributed by atoms with Gasteiger partial charge in [-0.3, -0.25) is 9.58 Å². The summed E-state index contributed by atoms with van der Waals surface area (Å²) in [6.07, 6.45) is 3.10. The number of nitrogens with one attached hydrogen (secondary N) is 1. The van der Waals surface area contributed by atoms with Gasteiger partial charge in [0.1, 0.15) is 0 Å². The summed E-state index contributed by atoms with van der Waals surface area (Å²) in [5.74, 6) is 0. The maximum absolute atomic E-state index is 4.22. The molecule has 1 aromatic heterocycles. The quantitative estimate of drug-likeness (QED) is 0.916. The Balaban J connectivity index is 0.00000128. The molecule has 1 fully saturated rings. The maximum Gasteiger partial charge on any atom is 0.0663 e. The van der Waals surface area contributed by atoms with Crippen molar-refractivity contribution in [1.82, 2.24) is 20.0 Å². The van der Waals surface area contributed by atoms with Gasteiger partial charge in [-0.25, -0.2) is 0 Å². The summed E-state index contributed by atoms with van der Waals surface area (Å²) >= 11 is 3.53. The highest BCUT2D eigenvalue weighted by Crippen LogP contribution is 2.19. The van der Waals surface area contributed by atoms with Gasteiger partial charge < -0.3 is 5.32 Å². The number of rotatable bonds is 3. The van der Waals surface area contributed by atoms with Gasteiger partial charge in [-0.05, 0) is 29.4 Å². The van der Waals surface area contributed by atoms with Crippen LogP contribution in [0.2, 0.25) is 0 Å². The van der Waals surface area contributed by atoms with Crippen molar-refractivity contribution in [2.24, 2.45) is 7.05 Å². The minimum Gasteiger partial charge on any atom is -0.316 e. The van der Waals surface area contributed by atoms with Crippen LogP contribution in [0.5, 0.6) is 0 Å². The smallest absolute Gasteiger partial charge is 0.0663 e. The molecule has 1 atom stereocenters. The first-order valence-electron chi connectivity index (χ1n) is 5.26. The van der Waals surface area contributed by atoms with Gasteiger partial charge in [0.2, 0.25) is 0 Å². The van der Waals surface area contributed by atoms with Gasteiger partial charge in [0.25, 0.3) is 0 Å². The van der Waals surface area contributed by atoms with E-state index in [-0.39, 0.29) is 12.4 Å². The molecule has 1 unspecified atom stereocenters. The highest BCUT2D eigenvalue weighted by atomic mass is 79.9. The van der Waals surface area contributed by atoms with Gasteiger partial charge >= 0.3 is 0 Å². The summed E-state index contributed by atoms with van der Waals surface area (Å²) in [7, 11) is 4.03. The number of likely N-dealkylation sites (tertiary alicyclic amines) is 1. The topological polar surface area (TPSA) is 33.1 Å². The van der Waals surface area contributed by atoms with Gasteiger partial charge in [0.05, 0.1) is 16.4 Å². The van der Waals surface area contributed by atoms with Gasteiger partial charge in [-0.2, -0.15) is 5.10 Å². The van der Waals surface area contributed by atoms with E-state index in [1.807, 2.05) is 25.0 Å². The average molecular weight is 310 g/mol.